The third-order valence-electron chi connectivity index (χ3n) is 1.75. The van der Waals surface area contributed by atoms with E-state index in [1.807, 2.05) is 5.92 Å². The molecule has 5 heteroatoms. The van der Waals surface area contributed by atoms with Crippen LogP contribution < -0.4 is 0 Å². The molecule has 1 fully saturated rings. The largest absolute Gasteiger partial charge is 0.387 e. The molecule has 5 nitrogen and oxygen atoms in total. The van der Waals surface area contributed by atoms with Crippen molar-refractivity contribution in [1.29, 1.82) is 0 Å². The minimum atomic E-state index is -1.55. The predicted octanol–water partition coefficient (Wildman–Crippen LogP) is -2.58. The van der Waals surface area contributed by atoms with Gasteiger partial charge in [-0.1, -0.05) is 5.92 Å². The van der Waals surface area contributed by atoms with Crippen molar-refractivity contribution in [3.05, 3.63) is 0 Å². The third-order valence-corrected chi connectivity index (χ3v) is 1.75. The Kier molecular flexibility index (Phi) is 2.67. The molecule has 0 bridgehead atoms. The summed E-state index contributed by atoms with van der Waals surface area (Å²) in [6.07, 6.45) is -2.08. The number of hydrogen-bond donors (Lipinski definition) is 4. The molecule has 0 aliphatic carbocycles. The van der Waals surface area contributed by atoms with Gasteiger partial charge in [-0.2, -0.15) is 0 Å². The van der Waals surface area contributed by atoms with Crippen LogP contribution in [0, 0.1) is 12.3 Å². The Bertz CT molecular complexity index is 198. The maximum atomic E-state index is 9.14. The summed E-state index contributed by atoms with van der Waals surface area (Å²) in [5, 5.41) is 36.1. The van der Waals surface area contributed by atoms with Crippen LogP contribution in [0.15, 0.2) is 0 Å². The van der Waals surface area contributed by atoms with Crippen LogP contribution in [0.25, 0.3) is 0 Å². The first-order valence-corrected chi connectivity index (χ1v) is 3.41. The van der Waals surface area contributed by atoms with E-state index in [0.717, 1.165) is 0 Å². The fraction of sp³-hybridized carbons (Fsp3) is 0.714. The zero-order valence-electron chi connectivity index (χ0n) is 6.16. The van der Waals surface area contributed by atoms with Crippen molar-refractivity contribution in [2.24, 2.45) is 0 Å². The first-order chi connectivity index (χ1) is 5.57. The van der Waals surface area contributed by atoms with Crippen LogP contribution in [0.4, 0.5) is 0 Å². The molecule has 0 aromatic rings. The summed E-state index contributed by atoms with van der Waals surface area (Å²) in [6, 6.07) is 0. The van der Waals surface area contributed by atoms with Gasteiger partial charge < -0.3 is 25.2 Å². The van der Waals surface area contributed by atoms with Crippen molar-refractivity contribution in [1.82, 2.24) is 0 Å². The summed E-state index contributed by atoms with van der Waals surface area (Å²) in [4.78, 5) is 0. The lowest BCUT2D eigenvalue weighted by Crippen LogP contribution is -2.56. The molecule has 12 heavy (non-hydrogen) atoms. The molecule has 1 heterocycles. The second-order valence-electron chi connectivity index (χ2n) is 2.59. The van der Waals surface area contributed by atoms with Crippen LogP contribution >= 0.6 is 0 Å². The lowest BCUT2D eigenvalue weighted by atomic mass is 10.00. The fourth-order valence-electron chi connectivity index (χ4n) is 0.999. The Balaban J connectivity index is 2.72. The molecule has 0 aromatic carbocycles. The van der Waals surface area contributed by atoms with E-state index >= 15 is 0 Å². The highest BCUT2D eigenvalue weighted by Gasteiger charge is 2.42. The molecule has 5 atom stereocenters. The van der Waals surface area contributed by atoms with Crippen molar-refractivity contribution >= 4 is 0 Å². The summed E-state index contributed by atoms with van der Waals surface area (Å²) in [6.45, 7) is 0. The zero-order chi connectivity index (χ0) is 9.30. The summed E-state index contributed by atoms with van der Waals surface area (Å²) in [5.74, 6) is 2.03. The van der Waals surface area contributed by atoms with Crippen molar-refractivity contribution in [2.75, 3.05) is 0 Å². The monoisotopic (exact) mass is 174 g/mol. The molecule has 0 saturated carbocycles. The molecular formula is C7H10O5. The van der Waals surface area contributed by atoms with Crippen LogP contribution in [-0.2, 0) is 4.74 Å². The fourth-order valence-corrected chi connectivity index (χ4v) is 0.999. The Morgan fingerprint density at radius 1 is 1.00 bits per heavy atom. The normalized spacial score (nSPS) is 48.4. The Morgan fingerprint density at radius 3 is 2.08 bits per heavy atom. The number of rotatable bonds is 0. The second-order valence-corrected chi connectivity index (χ2v) is 2.59. The lowest BCUT2D eigenvalue weighted by Gasteiger charge is -2.35. The highest BCUT2D eigenvalue weighted by molar-refractivity contribution is 5.04. The first-order valence-electron chi connectivity index (χ1n) is 3.41. The molecule has 4 N–H and O–H groups in total. The highest BCUT2D eigenvalue weighted by Crippen LogP contribution is 2.18. The smallest absolute Gasteiger partial charge is 0.185 e. The SMILES string of the molecule is C#CC1OC(O)C(O)C(O)C1O. The van der Waals surface area contributed by atoms with E-state index in [1.54, 1.807) is 0 Å². The lowest BCUT2D eigenvalue weighted by molar-refractivity contribution is -0.269. The molecule has 0 amide bonds. The molecule has 0 spiro atoms. The van der Waals surface area contributed by atoms with Gasteiger partial charge in [-0.15, -0.1) is 6.42 Å². The summed E-state index contributed by atoms with van der Waals surface area (Å²) in [7, 11) is 0. The average molecular weight is 174 g/mol. The predicted molar refractivity (Wildman–Crippen MR) is 37.7 cm³/mol. The van der Waals surface area contributed by atoms with E-state index in [4.69, 9.17) is 26.8 Å². The van der Waals surface area contributed by atoms with Gasteiger partial charge in [-0.05, 0) is 0 Å². The van der Waals surface area contributed by atoms with Crippen LogP contribution in [0.1, 0.15) is 0 Å². The van der Waals surface area contributed by atoms with Crippen molar-refractivity contribution in [2.45, 2.75) is 30.7 Å². The number of ether oxygens (including phenoxy) is 1. The quantitative estimate of drug-likeness (QED) is 0.303. The number of aliphatic hydroxyl groups excluding tert-OH is 4. The molecule has 0 radical (unpaired) electrons. The van der Waals surface area contributed by atoms with Crippen molar-refractivity contribution in [3.8, 4) is 12.3 Å². The van der Waals surface area contributed by atoms with E-state index in [-0.39, 0.29) is 0 Å². The second kappa shape index (κ2) is 3.39. The van der Waals surface area contributed by atoms with Gasteiger partial charge in [-0.25, -0.2) is 0 Å². The third kappa shape index (κ3) is 1.43. The molecule has 1 aliphatic heterocycles. The molecule has 1 saturated heterocycles. The van der Waals surface area contributed by atoms with Crippen molar-refractivity contribution in [3.63, 3.8) is 0 Å². The maximum Gasteiger partial charge on any atom is 0.185 e. The summed E-state index contributed by atoms with van der Waals surface area (Å²) >= 11 is 0. The van der Waals surface area contributed by atoms with Gasteiger partial charge >= 0.3 is 0 Å². The minimum Gasteiger partial charge on any atom is -0.387 e. The molecule has 0 aromatic heterocycles. The van der Waals surface area contributed by atoms with E-state index in [2.05, 4.69) is 4.74 Å². The molecule has 1 aliphatic rings. The maximum absolute atomic E-state index is 9.14. The Morgan fingerprint density at radius 2 is 1.58 bits per heavy atom. The summed E-state index contributed by atoms with van der Waals surface area (Å²) in [5.41, 5.74) is 0. The Hall–Kier alpha value is -0.640. The standard InChI is InChI=1S/C7H10O5/c1-2-3-4(8)5(9)6(10)7(11)12-3/h1,3-11H. The van der Waals surface area contributed by atoms with Gasteiger partial charge in [-0.3, -0.25) is 0 Å². The van der Waals surface area contributed by atoms with Crippen LogP contribution in [0.2, 0.25) is 0 Å². The van der Waals surface area contributed by atoms with Crippen molar-refractivity contribution < 1.29 is 25.2 Å². The van der Waals surface area contributed by atoms with Gasteiger partial charge in [0.15, 0.2) is 6.29 Å². The van der Waals surface area contributed by atoms with E-state index in [9.17, 15) is 0 Å². The van der Waals surface area contributed by atoms with Gasteiger partial charge in [0, 0.05) is 0 Å². The zero-order valence-corrected chi connectivity index (χ0v) is 6.16. The van der Waals surface area contributed by atoms with Gasteiger partial charge in [0.25, 0.3) is 0 Å². The molecule has 68 valence electrons. The number of terminal acetylenes is 1. The minimum absolute atomic E-state index is 1.08. The van der Waals surface area contributed by atoms with Crippen LogP contribution in [0.3, 0.4) is 0 Å². The number of aliphatic hydroxyl groups is 4. The molecule has 1 rings (SSSR count). The Labute approximate surface area is 69.2 Å². The summed E-state index contributed by atoms with van der Waals surface area (Å²) < 4.78 is 4.59. The van der Waals surface area contributed by atoms with E-state index < -0.39 is 30.7 Å². The van der Waals surface area contributed by atoms with Crippen LogP contribution in [0.5, 0.6) is 0 Å². The van der Waals surface area contributed by atoms with Gasteiger partial charge in [0.2, 0.25) is 0 Å². The van der Waals surface area contributed by atoms with Gasteiger partial charge in [0.05, 0.1) is 0 Å². The first kappa shape index (κ1) is 9.45. The van der Waals surface area contributed by atoms with Crippen LogP contribution in [-0.4, -0.2) is 51.1 Å². The topological polar surface area (TPSA) is 90.2 Å². The van der Waals surface area contributed by atoms with E-state index in [0.29, 0.717) is 0 Å². The number of hydrogen-bond acceptors (Lipinski definition) is 5. The van der Waals surface area contributed by atoms with Gasteiger partial charge in [0.1, 0.15) is 24.4 Å². The molecular weight excluding hydrogens is 164 g/mol. The average Bonchev–Trinajstić information content (AvgIpc) is 2.08. The molecule has 5 unspecified atom stereocenters. The highest BCUT2D eigenvalue weighted by atomic mass is 16.6. The van der Waals surface area contributed by atoms with E-state index in [1.165, 1.54) is 0 Å².